The highest BCUT2D eigenvalue weighted by atomic mass is 32.2. The fraction of sp³-hybridized carbons (Fsp3) is 0.462. The van der Waals surface area contributed by atoms with Crippen molar-refractivity contribution in [1.82, 2.24) is 9.21 Å². The molecular formula is C13H19N3O3S. The minimum atomic E-state index is -3.40. The molecule has 0 saturated carbocycles. The van der Waals surface area contributed by atoms with Gasteiger partial charge in [0.05, 0.1) is 4.90 Å². The van der Waals surface area contributed by atoms with Crippen molar-refractivity contribution in [2.24, 2.45) is 5.73 Å². The molecule has 1 amide bonds. The lowest BCUT2D eigenvalue weighted by Crippen LogP contribution is -2.49. The number of hydrogen-bond acceptors (Lipinski definition) is 4. The van der Waals surface area contributed by atoms with E-state index in [1.165, 1.54) is 4.31 Å². The van der Waals surface area contributed by atoms with Crippen LogP contribution in [0.25, 0.3) is 0 Å². The molecule has 1 aliphatic heterocycles. The van der Waals surface area contributed by atoms with Crippen LogP contribution >= 0.6 is 0 Å². The maximum atomic E-state index is 12.4. The molecule has 0 radical (unpaired) electrons. The van der Waals surface area contributed by atoms with Gasteiger partial charge in [-0.1, -0.05) is 18.2 Å². The van der Waals surface area contributed by atoms with Gasteiger partial charge in [0.25, 0.3) is 0 Å². The molecule has 6 nitrogen and oxygen atoms in total. The van der Waals surface area contributed by atoms with Gasteiger partial charge < -0.3 is 10.6 Å². The minimum absolute atomic E-state index is 0.311. The summed E-state index contributed by atoms with van der Waals surface area (Å²) in [5.74, 6) is -0.329. The van der Waals surface area contributed by atoms with E-state index in [1.54, 1.807) is 30.3 Å². The van der Waals surface area contributed by atoms with E-state index in [9.17, 15) is 13.2 Å². The summed E-state index contributed by atoms with van der Waals surface area (Å²) in [6.07, 6.45) is 0.311. The maximum Gasteiger partial charge on any atom is 0.243 e. The van der Waals surface area contributed by atoms with Crippen LogP contribution in [0.1, 0.15) is 6.42 Å². The van der Waals surface area contributed by atoms with Crippen LogP contribution in [-0.2, 0) is 14.8 Å². The Hall–Kier alpha value is -1.44. The number of rotatable bonds is 5. The second-order valence-corrected chi connectivity index (χ2v) is 6.71. The quantitative estimate of drug-likeness (QED) is 0.820. The van der Waals surface area contributed by atoms with Crippen molar-refractivity contribution < 1.29 is 13.2 Å². The third-order valence-electron chi connectivity index (χ3n) is 3.39. The number of amides is 1. The van der Waals surface area contributed by atoms with Gasteiger partial charge in [0.2, 0.25) is 15.9 Å². The molecule has 0 atom stereocenters. The molecule has 1 aliphatic rings. The fourth-order valence-electron chi connectivity index (χ4n) is 2.20. The lowest BCUT2D eigenvalue weighted by atomic mass is 10.3. The van der Waals surface area contributed by atoms with Crippen molar-refractivity contribution in [2.45, 2.75) is 11.3 Å². The van der Waals surface area contributed by atoms with Crippen molar-refractivity contribution in [3.63, 3.8) is 0 Å². The maximum absolute atomic E-state index is 12.4. The predicted octanol–water partition coefficient (Wildman–Crippen LogP) is -0.132. The van der Waals surface area contributed by atoms with Crippen LogP contribution in [0.4, 0.5) is 0 Å². The second-order valence-electron chi connectivity index (χ2n) is 4.78. The molecule has 2 N–H and O–H groups in total. The Balaban J connectivity index is 1.95. The lowest BCUT2D eigenvalue weighted by Gasteiger charge is -2.33. The monoisotopic (exact) mass is 297 g/mol. The number of hydrogen-bond donors (Lipinski definition) is 1. The summed E-state index contributed by atoms with van der Waals surface area (Å²) in [5, 5.41) is 0. The van der Waals surface area contributed by atoms with Crippen LogP contribution in [-0.4, -0.2) is 56.3 Å². The Morgan fingerprint density at radius 2 is 1.70 bits per heavy atom. The van der Waals surface area contributed by atoms with Crippen molar-refractivity contribution in [3.05, 3.63) is 30.3 Å². The zero-order valence-corrected chi connectivity index (χ0v) is 12.1. The van der Waals surface area contributed by atoms with Gasteiger partial charge in [-0.3, -0.25) is 4.79 Å². The number of benzene rings is 1. The van der Waals surface area contributed by atoms with E-state index in [0.29, 0.717) is 44.0 Å². The summed E-state index contributed by atoms with van der Waals surface area (Å²) < 4.78 is 26.3. The Bertz CT molecular complexity index is 551. The van der Waals surface area contributed by atoms with Gasteiger partial charge in [-0.05, 0) is 12.1 Å². The summed E-state index contributed by atoms with van der Waals surface area (Å²) in [7, 11) is -3.40. The first-order valence-corrected chi connectivity index (χ1v) is 8.00. The molecule has 2 rings (SSSR count). The van der Waals surface area contributed by atoms with Gasteiger partial charge in [-0.25, -0.2) is 8.42 Å². The fourth-order valence-corrected chi connectivity index (χ4v) is 3.65. The Kier molecular flexibility index (Phi) is 4.74. The average Bonchev–Trinajstić information content (AvgIpc) is 2.46. The van der Waals surface area contributed by atoms with Crippen LogP contribution in [0.2, 0.25) is 0 Å². The predicted molar refractivity (Wildman–Crippen MR) is 75.5 cm³/mol. The number of carbonyl (C=O) groups excluding carboxylic acids is 1. The summed E-state index contributed by atoms with van der Waals surface area (Å²) in [6.45, 7) is 2.72. The number of nitrogens with two attached hydrogens (primary N) is 1. The largest absolute Gasteiger partial charge is 0.370 e. The first kappa shape index (κ1) is 15.0. The third kappa shape index (κ3) is 3.56. The van der Waals surface area contributed by atoms with Gasteiger partial charge in [0.15, 0.2) is 0 Å². The minimum Gasteiger partial charge on any atom is -0.370 e. The zero-order valence-electron chi connectivity index (χ0n) is 11.2. The van der Waals surface area contributed by atoms with E-state index in [2.05, 4.69) is 4.90 Å². The Morgan fingerprint density at radius 1 is 1.10 bits per heavy atom. The molecule has 1 saturated heterocycles. The van der Waals surface area contributed by atoms with E-state index in [4.69, 9.17) is 5.73 Å². The molecule has 1 aromatic rings. The van der Waals surface area contributed by atoms with Crippen LogP contribution in [0.3, 0.4) is 0 Å². The van der Waals surface area contributed by atoms with Gasteiger partial charge in [0, 0.05) is 39.1 Å². The summed E-state index contributed by atoms with van der Waals surface area (Å²) in [5.41, 5.74) is 5.11. The summed E-state index contributed by atoms with van der Waals surface area (Å²) >= 11 is 0. The van der Waals surface area contributed by atoms with Crippen LogP contribution < -0.4 is 5.73 Å². The Labute approximate surface area is 119 Å². The van der Waals surface area contributed by atoms with Crippen molar-refractivity contribution in [2.75, 3.05) is 32.7 Å². The molecule has 20 heavy (non-hydrogen) atoms. The molecular weight excluding hydrogens is 278 g/mol. The van der Waals surface area contributed by atoms with E-state index in [1.807, 2.05) is 0 Å². The van der Waals surface area contributed by atoms with Crippen molar-refractivity contribution >= 4 is 15.9 Å². The number of nitrogens with zero attached hydrogens (tertiary/aromatic N) is 2. The smallest absolute Gasteiger partial charge is 0.243 e. The van der Waals surface area contributed by atoms with Gasteiger partial charge in [0.1, 0.15) is 0 Å². The first-order valence-electron chi connectivity index (χ1n) is 6.56. The van der Waals surface area contributed by atoms with Crippen molar-refractivity contribution in [1.29, 1.82) is 0 Å². The van der Waals surface area contributed by atoms with Crippen LogP contribution in [0, 0.1) is 0 Å². The van der Waals surface area contributed by atoms with Crippen molar-refractivity contribution in [3.8, 4) is 0 Å². The standard InChI is InChI=1S/C13H19N3O3S/c14-13(17)6-7-15-8-10-16(11-9-15)20(18,19)12-4-2-1-3-5-12/h1-5H,6-11H2,(H2,14,17). The molecule has 0 bridgehead atoms. The van der Waals surface area contributed by atoms with E-state index in [-0.39, 0.29) is 5.91 Å². The Morgan fingerprint density at radius 3 is 2.25 bits per heavy atom. The average molecular weight is 297 g/mol. The first-order chi connectivity index (χ1) is 9.50. The molecule has 1 aromatic carbocycles. The molecule has 0 unspecified atom stereocenters. The number of piperazine rings is 1. The normalized spacial score (nSPS) is 18.0. The third-order valence-corrected chi connectivity index (χ3v) is 5.30. The molecule has 0 aliphatic carbocycles. The number of primary amides is 1. The van der Waals surface area contributed by atoms with E-state index >= 15 is 0 Å². The highest BCUT2D eigenvalue weighted by Gasteiger charge is 2.28. The lowest BCUT2D eigenvalue weighted by molar-refractivity contribution is -0.118. The highest BCUT2D eigenvalue weighted by molar-refractivity contribution is 7.89. The van der Waals surface area contributed by atoms with E-state index in [0.717, 1.165) is 0 Å². The van der Waals surface area contributed by atoms with Crippen LogP contribution in [0.15, 0.2) is 35.2 Å². The summed E-state index contributed by atoms with van der Waals surface area (Å²) in [6, 6.07) is 8.44. The SMILES string of the molecule is NC(=O)CCN1CCN(S(=O)(=O)c2ccccc2)CC1. The highest BCUT2D eigenvalue weighted by Crippen LogP contribution is 2.17. The number of carbonyl (C=O) groups is 1. The molecule has 1 heterocycles. The zero-order chi connectivity index (χ0) is 14.6. The topological polar surface area (TPSA) is 83.7 Å². The van der Waals surface area contributed by atoms with Gasteiger partial charge in [-0.2, -0.15) is 4.31 Å². The van der Waals surface area contributed by atoms with Gasteiger partial charge in [-0.15, -0.1) is 0 Å². The molecule has 7 heteroatoms. The molecule has 1 fully saturated rings. The van der Waals surface area contributed by atoms with Gasteiger partial charge >= 0.3 is 0 Å². The second kappa shape index (κ2) is 6.34. The molecule has 0 aromatic heterocycles. The molecule has 110 valence electrons. The summed E-state index contributed by atoms with van der Waals surface area (Å²) in [4.78, 5) is 13.1. The molecule has 0 spiro atoms. The van der Waals surface area contributed by atoms with E-state index < -0.39 is 10.0 Å². The number of sulfonamides is 1. The van der Waals surface area contributed by atoms with Crippen LogP contribution in [0.5, 0.6) is 0 Å².